The minimum atomic E-state index is -0.692. The molecule has 0 saturated carbocycles. The van der Waals surface area contributed by atoms with Crippen molar-refractivity contribution in [1.29, 1.82) is 0 Å². The summed E-state index contributed by atoms with van der Waals surface area (Å²) in [4.78, 5) is 27.2. The van der Waals surface area contributed by atoms with Gasteiger partial charge < -0.3 is 14.4 Å². The molecule has 2 bridgehead atoms. The quantitative estimate of drug-likeness (QED) is 0.629. The Morgan fingerprint density at radius 2 is 2.12 bits per heavy atom. The summed E-state index contributed by atoms with van der Waals surface area (Å²) in [5.41, 5.74) is 1.29. The Morgan fingerprint density at radius 1 is 1.38 bits per heavy atom. The molecule has 2 fully saturated rings. The van der Waals surface area contributed by atoms with Crippen LogP contribution in [0, 0.1) is 18.8 Å². The van der Waals surface area contributed by atoms with E-state index in [9.17, 15) is 9.59 Å². The van der Waals surface area contributed by atoms with Gasteiger partial charge in [0.1, 0.15) is 11.5 Å². The molecule has 5 nitrogen and oxygen atoms in total. The number of anilines is 1. The molecule has 5 heteroatoms. The van der Waals surface area contributed by atoms with Crippen molar-refractivity contribution in [2.24, 2.45) is 11.8 Å². The lowest BCUT2D eigenvalue weighted by Crippen LogP contribution is -2.40. The first-order valence-electron chi connectivity index (χ1n) is 8.47. The highest BCUT2D eigenvalue weighted by Crippen LogP contribution is 2.52. The topological polar surface area (TPSA) is 55.8 Å². The maximum absolute atomic E-state index is 13.0. The molecule has 4 rings (SSSR count). The predicted molar refractivity (Wildman–Crippen MR) is 88.5 cm³/mol. The summed E-state index contributed by atoms with van der Waals surface area (Å²) >= 11 is 0. The zero-order valence-corrected chi connectivity index (χ0v) is 13.9. The maximum atomic E-state index is 13.0. The van der Waals surface area contributed by atoms with Gasteiger partial charge in [0.05, 0.1) is 25.2 Å². The van der Waals surface area contributed by atoms with Gasteiger partial charge in [-0.2, -0.15) is 0 Å². The standard InChI is InChI=1S/C19H21NO4/c1-3-10-23-18(22)15-14-8-9-19(24-14)11-20(17(21)16(15)19)13-6-4-12(2)5-7-13/h4-9,14-16H,3,10-11H2,1-2H3/t14-,15-,16+,19-/m1/s1. The lowest BCUT2D eigenvalue weighted by atomic mass is 9.77. The number of hydrogen-bond donors (Lipinski definition) is 0. The molecule has 0 radical (unpaired) electrons. The number of hydrogen-bond acceptors (Lipinski definition) is 4. The highest BCUT2D eigenvalue weighted by Gasteiger charge is 2.67. The van der Waals surface area contributed by atoms with Gasteiger partial charge in [0.15, 0.2) is 0 Å². The SMILES string of the molecule is CCCOC(=O)[C@H]1[C@H]2C(=O)N(c3ccc(C)cc3)C[C@]23C=C[C@H]1O3. The molecule has 0 N–H and O–H groups in total. The van der Waals surface area contributed by atoms with Crippen LogP contribution in [0.1, 0.15) is 18.9 Å². The van der Waals surface area contributed by atoms with Gasteiger partial charge in [-0.3, -0.25) is 9.59 Å². The van der Waals surface area contributed by atoms with E-state index < -0.39 is 17.4 Å². The van der Waals surface area contributed by atoms with Crippen molar-refractivity contribution in [1.82, 2.24) is 0 Å². The van der Waals surface area contributed by atoms with Crippen LogP contribution in [0.2, 0.25) is 0 Å². The molecular weight excluding hydrogens is 306 g/mol. The van der Waals surface area contributed by atoms with E-state index in [1.807, 2.05) is 50.3 Å². The van der Waals surface area contributed by atoms with E-state index >= 15 is 0 Å². The fraction of sp³-hybridized carbons (Fsp3) is 0.474. The average Bonchev–Trinajstić information content (AvgIpc) is 3.22. The Kier molecular flexibility index (Phi) is 3.49. The Morgan fingerprint density at radius 3 is 2.83 bits per heavy atom. The number of benzene rings is 1. The maximum Gasteiger partial charge on any atom is 0.312 e. The lowest BCUT2D eigenvalue weighted by Gasteiger charge is -2.22. The first kappa shape index (κ1) is 15.4. The van der Waals surface area contributed by atoms with Gasteiger partial charge in [0.25, 0.3) is 0 Å². The molecule has 1 aromatic carbocycles. The normalized spacial score (nSPS) is 33.2. The third-order valence-electron chi connectivity index (χ3n) is 5.17. The van der Waals surface area contributed by atoms with Crippen LogP contribution in [-0.4, -0.2) is 36.7 Å². The number of amides is 1. The van der Waals surface area contributed by atoms with Crippen molar-refractivity contribution >= 4 is 17.6 Å². The van der Waals surface area contributed by atoms with Gasteiger partial charge in [-0.25, -0.2) is 0 Å². The highest BCUT2D eigenvalue weighted by molar-refractivity contribution is 6.02. The second kappa shape index (κ2) is 5.45. The monoisotopic (exact) mass is 327 g/mol. The second-order valence-corrected chi connectivity index (χ2v) is 6.83. The third kappa shape index (κ3) is 2.11. The smallest absolute Gasteiger partial charge is 0.312 e. The van der Waals surface area contributed by atoms with Crippen LogP contribution in [0.15, 0.2) is 36.4 Å². The van der Waals surface area contributed by atoms with Crippen LogP contribution in [0.4, 0.5) is 5.69 Å². The van der Waals surface area contributed by atoms with Crippen LogP contribution in [0.3, 0.4) is 0 Å². The third-order valence-corrected chi connectivity index (χ3v) is 5.17. The fourth-order valence-corrected chi connectivity index (χ4v) is 4.01. The number of aryl methyl sites for hydroxylation is 1. The molecule has 0 aliphatic carbocycles. The van der Waals surface area contributed by atoms with Gasteiger partial charge >= 0.3 is 5.97 Å². The number of nitrogens with zero attached hydrogens (tertiary/aromatic N) is 1. The molecule has 0 aromatic heterocycles. The predicted octanol–water partition coefficient (Wildman–Crippen LogP) is 2.23. The summed E-state index contributed by atoms with van der Waals surface area (Å²) < 4.78 is 11.4. The molecule has 3 heterocycles. The molecule has 3 aliphatic rings. The van der Waals surface area contributed by atoms with Gasteiger partial charge in [-0.1, -0.05) is 36.8 Å². The van der Waals surface area contributed by atoms with Crippen LogP contribution < -0.4 is 4.90 Å². The Balaban J connectivity index is 1.64. The van der Waals surface area contributed by atoms with Crippen LogP contribution in [0.25, 0.3) is 0 Å². The van der Waals surface area contributed by atoms with Crippen molar-refractivity contribution < 1.29 is 19.1 Å². The molecule has 1 spiro atoms. The van der Waals surface area contributed by atoms with Gasteiger partial charge in [0.2, 0.25) is 5.91 Å². The van der Waals surface area contributed by atoms with Crippen molar-refractivity contribution in [3.05, 3.63) is 42.0 Å². The first-order chi connectivity index (χ1) is 11.6. The van der Waals surface area contributed by atoms with Crippen molar-refractivity contribution in [3.63, 3.8) is 0 Å². The molecular formula is C19H21NO4. The molecule has 3 aliphatic heterocycles. The number of rotatable bonds is 4. The van der Waals surface area contributed by atoms with E-state index in [0.29, 0.717) is 13.2 Å². The summed E-state index contributed by atoms with van der Waals surface area (Å²) in [5.74, 6) is -1.40. The Hall–Kier alpha value is -2.14. The minimum Gasteiger partial charge on any atom is -0.465 e. The van der Waals surface area contributed by atoms with Gasteiger partial charge in [-0.15, -0.1) is 0 Å². The summed E-state index contributed by atoms with van der Waals surface area (Å²) in [6.07, 6.45) is 4.28. The summed E-state index contributed by atoms with van der Waals surface area (Å²) in [6.45, 7) is 4.79. The van der Waals surface area contributed by atoms with E-state index in [2.05, 4.69) is 0 Å². The van der Waals surface area contributed by atoms with E-state index in [-0.39, 0.29) is 18.0 Å². The van der Waals surface area contributed by atoms with E-state index in [1.165, 1.54) is 0 Å². The minimum absolute atomic E-state index is 0.0517. The van der Waals surface area contributed by atoms with E-state index in [0.717, 1.165) is 17.7 Å². The fourth-order valence-electron chi connectivity index (χ4n) is 4.01. The zero-order valence-electron chi connectivity index (χ0n) is 13.9. The van der Waals surface area contributed by atoms with Crippen molar-refractivity contribution in [2.45, 2.75) is 32.0 Å². The Labute approximate surface area is 141 Å². The molecule has 0 unspecified atom stereocenters. The Bertz CT molecular complexity index is 711. The second-order valence-electron chi connectivity index (χ2n) is 6.83. The zero-order chi connectivity index (χ0) is 16.9. The summed E-state index contributed by atoms with van der Waals surface area (Å²) in [5, 5.41) is 0. The highest BCUT2D eigenvalue weighted by atomic mass is 16.6. The first-order valence-corrected chi connectivity index (χ1v) is 8.47. The molecule has 24 heavy (non-hydrogen) atoms. The number of esters is 1. The molecule has 1 aromatic rings. The lowest BCUT2D eigenvalue weighted by molar-refractivity contribution is -0.152. The van der Waals surface area contributed by atoms with Gasteiger partial charge in [0, 0.05) is 5.69 Å². The van der Waals surface area contributed by atoms with Crippen molar-refractivity contribution in [2.75, 3.05) is 18.1 Å². The number of carbonyl (C=O) groups is 2. The van der Waals surface area contributed by atoms with Gasteiger partial charge in [-0.05, 0) is 25.5 Å². The van der Waals surface area contributed by atoms with Crippen LogP contribution in [-0.2, 0) is 19.1 Å². The average molecular weight is 327 g/mol. The van der Waals surface area contributed by atoms with Crippen LogP contribution in [0.5, 0.6) is 0 Å². The van der Waals surface area contributed by atoms with E-state index in [4.69, 9.17) is 9.47 Å². The van der Waals surface area contributed by atoms with Crippen molar-refractivity contribution in [3.8, 4) is 0 Å². The number of fused-ring (bicyclic) bond motifs is 1. The molecule has 4 atom stereocenters. The molecule has 126 valence electrons. The largest absolute Gasteiger partial charge is 0.465 e. The molecule has 2 saturated heterocycles. The number of ether oxygens (including phenoxy) is 2. The summed E-state index contributed by atoms with van der Waals surface area (Å²) in [6, 6.07) is 7.84. The molecule has 1 amide bonds. The van der Waals surface area contributed by atoms with Crippen LogP contribution >= 0.6 is 0 Å². The van der Waals surface area contributed by atoms with E-state index in [1.54, 1.807) is 4.90 Å². The summed E-state index contributed by atoms with van der Waals surface area (Å²) in [7, 11) is 0. The number of carbonyl (C=O) groups excluding carboxylic acids is 2.